The molecule has 0 atom stereocenters. The summed E-state index contributed by atoms with van der Waals surface area (Å²) in [6.07, 6.45) is 1.67. The van der Waals surface area contributed by atoms with E-state index >= 15 is 0 Å². The van der Waals surface area contributed by atoms with Gasteiger partial charge in [-0.05, 0) is 42.0 Å². The predicted molar refractivity (Wildman–Crippen MR) is 117 cm³/mol. The number of piperazine rings is 1. The number of imidazole rings is 1. The number of hydrogen-bond donors (Lipinski definition) is 1. The van der Waals surface area contributed by atoms with E-state index < -0.39 is 4.92 Å². The van der Waals surface area contributed by atoms with Crippen LogP contribution in [0, 0.1) is 15.9 Å². The third kappa shape index (κ3) is 5.02. The molecule has 2 aromatic carbocycles. The normalized spacial score (nSPS) is 14.0. The fourth-order valence-electron chi connectivity index (χ4n) is 3.37. The molecule has 2 heterocycles. The van der Waals surface area contributed by atoms with Crippen LogP contribution in [0.25, 0.3) is 11.3 Å². The number of halogens is 1. The van der Waals surface area contributed by atoms with Crippen molar-refractivity contribution < 1.29 is 14.1 Å². The topological polar surface area (TPSA) is 95.4 Å². The van der Waals surface area contributed by atoms with E-state index in [1.165, 1.54) is 36.0 Å². The zero-order valence-electron chi connectivity index (χ0n) is 16.5. The fourth-order valence-corrected chi connectivity index (χ4v) is 4.13. The molecule has 0 saturated carbocycles. The average Bonchev–Trinajstić information content (AvgIpc) is 3.27. The first-order chi connectivity index (χ1) is 15.0. The molecular formula is C21H20FN5O3S. The molecule has 1 saturated heterocycles. The Morgan fingerprint density at radius 1 is 1.10 bits per heavy atom. The van der Waals surface area contributed by atoms with E-state index in [4.69, 9.17) is 0 Å². The molecule has 1 aliphatic heterocycles. The van der Waals surface area contributed by atoms with Crippen LogP contribution in [-0.2, 0) is 4.79 Å². The first kappa shape index (κ1) is 20.9. The number of nitrogens with one attached hydrogen (secondary N) is 1. The summed E-state index contributed by atoms with van der Waals surface area (Å²) < 4.78 is 13.1. The Balaban J connectivity index is 1.27. The van der Waals surface area contributed by atoms with E-state index in [0.717, 1.165) is 16.9 Å². The van der Waals surface area contributed by atoms with E-state index in [0.29, 0.717) is 31.3 Å². The van der Waals surface area contributed by atoms with Gasteiger partial charge in [-0.1, -0.05) is 11.8 Å². The third-order valence-electron chi connectivity index (χ3n) is 5.10. The Morgan fingerprint density at radius 3 is 2.42 bits per heavy atom. The van der Waals surface area contributed by atoms with E-state index in [1.54, 1.807) is 30.5 Å². The summed E-state index contributed by atoms with van der Waals surface area (Å²) in [6, 6.07) is 12.6. The van der Waals surface area contributed by atoms with Crippen molar-refractivity contribution in [1.29, 1.82) is 0 Å². The molecule has 1 amide bonds. The summed E-state index contributed by atoms with van der Waals surface area (Å²) in [4.78, 5) is 34.3. The lowest BCUT2D eigenvalue weighted by molar-refractivity contribution is -0.384. The fraction of sp³-hybridized carbons (Fsp3) is 0.238. The quantitative estimate of drug-likeness (QED) is 0.357. The van der Waals surface area contributed by atoms with Crippen molar-refractivity contribution in [3.63, 3.8) is 0 Å². The van der Waals surface area contributed by atoms with Gasteiger partial charge in [0.1, 0.15) is 5.82 Å². The van der Waals surface area contributed by atoms with Gasteiger partial charge in [-0.15, -0.1) is 0 Å². The minimum absolute atomic E-state index is 0.0353. The Morgan fingerprint density at radius 2 is 1.77 bits per heavy atom. The van der Waals surface area contributed by atoms with Gasteiger partial charge in [0.25, 0.3) is 5.69 Å². The molecule has 10 heteroatoms. The number of aromatic amines is 1. The van der Waals surface area contributed by atoms with Crippen LogP contribution < -0.4 is 4.90 Å². The number of amides is 1. The SMILES string of the molecule is O=C(CSc1ncc(-c2ccc(F)cc2)[nH]1)N1CCN(c2ccc([N+](=O)[O-])cc2)CC1. The number of H-pyrrole nitrogens is 1. The van der Waals surface area contributed by atoms with Gasteiger partial charge in [-0.2, -0.15) is 0 Å². The van der Waals surface area contributed by atoms with Crippen LogP contribution in [0.1, 0.15) is 0 Å². The van der Waals surface area contributed by atoms with Crippen LogP contribution in [-0.4, -0.2) is 57.6 Å². The smallest absolute Gasteiger partial charge is 0.269 e. The van der Waals surface area contributed by atoms with Crippen molar-refractivity contribution in [2.75, 3.05) is 36.8 Å². The first-order valence-electron chi connectivity index (χ1n) is 9.70. The minimum Gasteiger partial charge on any atom is -0.368 e. The van der Waals surface area contributed by atoms with Crippen LogP contribution in [0.5, 0.6) is 0 Å². The molecule has 1 N–H and O–H groups in total. The van der Waals surface area contributed by atoms with Crippen molar-refractivity contribution in [1.82, 2.24) is 14.9 Å². The minimum atomic E-state index is -0.417. The van der Waals surface area contributed by atoms with Crippen molar-refractivity contribution in [3.8, 4) is 11.3 Å². The highest BCUT2D eigenvalue weighted by molar-refractivity contribution is 7.99. The number of thioether (sulfide) groups is 1. The van der Waals surface area contributed by atoms with E-state index in [1.807, 2.05) is 4.90 Å². The molecule has 0 unspecified atom stereocenters. The third-order valence-corrected chi connectivity index (χ3v) is 5.97. The maximum absolute atomic E-state index is 13.1. The molecule has 8 nitrogen and oxygen atoms in total. The molecule has 4 rings (SSSR count). The molecule has 0 radical (unpaired) electrons. The zero-order chi connectivity index (χ0) is 21.8. The Kier molecular flexibility index (Phi) is 6.17. The molecular weight excluding hydrogens is 421 g/mol. The maximum atomic E-state index is 13.1. The van der Waals surface area contributed by atoms with Crippen molar-refractivity contribution >= 4 is 29.0 Å². The summed E-state index contributed by atoms with van der Waals surface area (Å²) in [5.41, 5.74) is 2.58. The molecule has 0 bridgehead atoms. The molecule has 31 heavy (non-hydrogen) atoms. The number of carbonyl (C=O) groups excluding carboxylic acids is 1. The summed E-state index contributed by atoms with van der Waals surface area (Å²) in [5, 5.41) is 11.4. The van der Waals surface area contributed by atoms with E-state index in [2.05, 4.69) is 14.9 Å². The maximum Gasteiger partial charge on any atom is 0.269 e. The van der Waals surface area contributed by atoms with Gasteiger partial charge in [-0.3, -0.25) is 14.9 Å². The number of hydrogen-bond acceptors (Lipinski definition) is 6. The number of non-ortho nitro benzene ring substituents is 1. The number of rotatable bonds is 6. The number of anilines is 1. The second kappa shape index (κ2) is 9.17. The van der Waals surface area contributed by atoms with Crippen LogP contribution >= 0.6 is 11.8 Å². The number of carbonyl (C=O) groups is 1. The highest BCUT2D eigenvalue weighted by Gasteiger charge is 2.22. The molecule has 1 aromatic heterocycles. The van der Waals surface area contributed by atoms with Gasteiger partial charge in [0.05, 0.1) is 22.6 Å². The Labute approximate surface area is 182 Å². The Bertz CT molecular complexity index is 1060. The van der Waals surface area contributed by atoms with Crippen LogP contribution in [0.2, 0.25) is 0 Å². The number of nitro benzene ring substituents is 1. The molecule has 1 fully saturated rings. The molecule has 3 aromatic rings. The van der Waals surface area contributed by atoms with Crippen LogP contribution in [0.4, 0.5) is 15.8 Å². The van der Waals surface area contributed by atoms with E-state index in [-0.39, 0.29) is 23.2 Å². The largest absolute Gasteiger partial charge is 0.368 e. The summed E-state index contributed by atoms with van der Waals surface area (Å²) in [7, 11) is 0. The lowest BCUT2D eigenvalue weighted by Gasteiger charge is -2.36. The number of nitrogens with zero attached hydrogens (tertiary/aromatic N) is 4. The molecule has 0 spiro atoms. The Hall–Kier alpha value is -3.40. The number of nitro groups is 1. The zero-order valence-corrected chi connectivity index (χ0v) is 17.3. The van der Waals surface area contributed by atoms with Gasteiger partial charge in [-0.25, -0.2) is 9.37 Å². The summed E-state index contributed by atoms with van der Waals surface area (Å²) >= 11 is 1.33. The lowest BCUT2D eigenvalue weighted by atomic mass is 10.2. The van der Waals surface area contributed by atoms with Crippen LogP contribution in [0.15, 0.2) is 59.9 Å². The van der Waals surface area contributed by atoms with Gasteiger partial charge in [0.2, 0.25) is 5.91 Å². The van der Waals surface area contributed by atoms with Gasteiger partial charge < -0.3 is 14.8 Å². The monoisotopic (exact) mass is 441 g/mol. The molecule has 1 aliphatic rings. The highest BCUT2D eigenvalue weighted by Crippen LogP contribution is 2.23. The number of benzene rings is 2. The highest BCUT2D eigenvalue weighted by atomic mass is 32.2. The van der Waals surface area contributed by atoms with Crippen molar-refractivity contribution in [3.05, 3.63) is 70.7 Å². The predicted octanol–water partition coefficient (Wildman–Crippen LogP) is 3.56. The summed E-state index contributed by atoms with van der Waals surface area (Å²) in [6.45, 7) is 2.53. The average molecular weight is 441 g/mol. The molecule has 0 aliphatic carbocycles. The van der Waals surface area contributed by atoms with Crippen molar-refractivity contribution in [2.24, 2.45) is 0 Å². The van der Waals surface area contributed by atoms with Gasteiger partial charge >= 0.3 is 0 Å². The van der Waals surface area contributed by atoms with Gasteiger partial charge in [0, 0.05) is 44.0 Å². The molecule has 160 valence electrons. The first-order valence-corrected chi connectivity index (χ1v) is 10.7. The van der Waals surface area contributed by atoms with Crippen molar-refractivity contribution in [2.45, 2.75) is 5.16 Å². The van der Waals surface area contributed by atoms with Gasteiger partial charge in [0.15, 0.2) is 5.16 Å². The lowest BCUT2D eigenvalue weighted by Crippen LogP contribution is -2.49. The summed E-state index contributed by atoms with van der Waals surface area (Å²) in [5.74, 6) is 0.0127. The van der Waals surface area contributed by atoms with Crippen LogP contribution in [0.3, 0.4) is 0 Å². The standard InChI is InChI=1S/C21H20FN5O3S/c22-16-3-1-15(2-4-16)19-13-23-21(24-19)31-14-20(28)26-11-9-25(10-12-26)17-5-7-18(8-6-17)27(29)30/h1-8,13H,9-12,14H2,(H,23,24). The number of aromatic nitrogens is 2. The second-order valence-corrected chi connectivity index (χ2v) is 8.00. The second-order valence-electron chi connectivity index (χ2n) is 7.04. The van der Waals surface area contributed by atoms with E-state index in [9.17, 15) is 19.3 Å².